The number of sulfonamides is 1. The molecule has 1 aromatic rings. The number of carbonyl (C=O) groups excluding carboxylic acids is 1. The fraction of sp³-hybridized carbons (Fsp3) is 0.538. The van der Waals surface area contributed by atoms with Crippen molar-refractivity contribution < 1.29 is 13.2 Å². The van der Waals surface area contributed by atoms with Crippen LogP contribution in [0, 0.1) is 0 Å². The maximum absolute atomic E-state index is 12.3. The molecule has 2 rings (SSSR count). The zero-order valence-electron chi connectivity index (χ0n) is 11.8. The van der Waals surface area contributed by atoms with E-state index in [1.165, 1.54) is 16.7 Å². The van der Waals surface area contributed by atoms with E-state index in [2.05, 4.69) is 4.98 Å². The molecule has 0 unspecified atom stereocenters. The van der Waals surface area contributed by atoms with E-state index in [0.717, 1.165) is 0 Å². The van der Waals surface area contributed by atoms with Crippen LogP contribution >= 0.6 is 11.6 Å². The Hall–Kier alpha value is -1.18. The average molecular weight is 332 g/mol. The maximum Gasteiger partial charge on any atom is 0.255 e. The Kier molecular flexibility index (Phi) is 5.18. The molecule has 8 heteroatoms. The molecule has 116 valence electrons. The Morgan fingerprint density at radius 3 is 2.57 bits per heavy atom. The quantitative estimate of drug-likeness (QED) is 0.832. The molecule has 0 aliphatic carbocycles. The summed E-state index contributed by atoms with van der Waals surface area (Å²) >= 11 is 5.96. The van der Waals surface area contributed by atoms with Gasteiger partial charge in [-0.1, -0.05) is 18.5 Å². The van der Waals surface area contributed by atoms with Crippen molar-refractivity contribution in [2.45, 2.75) is 13.3 Å². The second-order valence-corrected chi connectivity index (χ2v) is 7.36. The van der Waals surface area contributed by atoms with Gasteiger partial charge in [0.05, 0.1) is 16.3 Å². The van der Waals surface area contributed by atoms with Crippen LogP contribution in [0.4, 0.5) is 0 Å². The van der Waals surface area contributed by atoms with Crippen molar-refractivity contribution in [3.63, 3.8) is 0 Å². The number of halogens is 1. The van der Waals surface area contributed by atoms with Crippen LogP contribution in [0.5, 0.6) is 0 Å². The molecule has 0 aromatic carbocycles. The summed E-state index contributed by atoms with van der Waals surface area (Å²) in [6.45, 7) is 3.25. The number of nitrogens with zero attached hydrogens (tertiary/aromatic N) is 3. The maximum atomic E-state index is 12.3. The van der Waals surface area contributed by atoms with Crippen molar-refractivity contribution in [2.24, 2.45) is 0 Å². The number of pyridine rings is 1. The Morgan fingerprint density at radius 1 is 1.33 bits per heavy atom. The Bertz CT molecular complexity index is 613. The second kappa shape index (κ2) is 6.72. The lowest BCUT2D eigenvalue weighted by atomic mass is 10.2. The normalized spacial score (nSPS) is 17.0. The third kappa shape index (κ3) is 3.72. The summed E-state index contributed by atoms with van der Waals surface area (Å²) in [5.74, 6) is -0.0353. The van der Waals surface area contributed by atoms with Crippen LogP contribution in [0.1, 0.15) is 23.7 Å². The number of piperazine rings is 1. The van der Waals surface area contributed by atoms with E-state index in [1.807, 2.05) is 6.92 Å². The van der Waals surface area contributed by atoms with Gasteiger partial charge in [-0.25, -0.2) is 8.42 Å². The summed E-state index contributed by atoms with van der Waals surface area (Å²) in [5.41, 5.74) is 0.400. The molecule has 0 bridgehead atoms. The molecular weight excluding hydrogens is 314 g/mol. The molecule has 0 radical (unpaired) electrons. The van der Waals surface area contributed by atoms with Crippen molar-refractivity contribution in [1.29, 1.82) is 0 Å². The van der Waals surface area contributed by atoms with E-state index >= 15 is 0 Å². The molecule has 0 N–H and O–H groups in total. The standard InChI is InChI=1S/C13H18ClN3O3S/c1-2-9-21(19,20)17-7-5-16(6-8-17)13(18)11-3-4-15-10-12(11)14/h3-4,10H,2,5-9H2,1H3. The predicted octanol–water partition coefficient (Wildman–Crippen LogP) is 1.23. The monoisotopic (exact) mass is 331 g/mol. The number of aromatic nitrogens is 1. The van der Waals surface area contributed by atoms with Crippen molar-refractivity contribution >= 4 is 27.5 Å². The summed E-state index contributed by atoms with van der Waals surface area (Å²) < 4.78 is 25.4. The van der Waals surface area contributed by atoms with Crippen LogP contribution in [0.3, 0.4) is 0 Å². The largest absolute Gasteiger partial charge is 0.336 e. The lowest BCUT2D eigenvalue weighted by molar-refractivity contribution is 0.0698. The van der Waals surface area contributed by atoms with E-state index in [1.54, 1.807) is 11.0 Å². The smallest absolute Gasteiger partial charge is 0.255 e. The van der Waals surface area contributed by atoms with Gasteiger partial charge in [-0.3, -0.25) is 9.78 Å². The molecule has 0 saturated carbocycles. The molecule has 1 amide bonds. The first-order chi connectivity index (χ1) is 9.95. The summed E-state index contributed by atoms with van der Waals surface area (Å²) in [5, 5.41) is 0.309. The van der Waals surface area contributed by atoms with Gasteiger partial charge in [0.15, 0.2) is 0 Å². The Labute approximate surface area is 129 Å². The molecule has 0 spiro atoms. The summed E-state index contributed by atoms with van der Waals surface area (Å²) in [6.07, 6.45) is 3.53. The minimum atomic E-state index is -3.20. The lowest BCUT2D eigenvalue weighted by Gasteiger charge is -2.34. The van der Waals surface area contributed by atoms with E-state index in [-0.39, 0.29) is 11.7 Å². The molecule has 1 aliphatic heterocycles. The number of hydrogen-bond acceptors (Lipinski definition) is 4. The first-order valence-corrected chi connectivity index (χ1v) is 8.81. The minimum Gasteiger partial charge on any atom is -0.336 e. The van der Waals surface area contributed by atoms with Gasteiger partial charge in [-0.2, -0.15) is 4.31 Å². The molecule has 6 nitrogen and oxygen atoms in total. The fourth-order valence-corrected chi connectivity index (χ4v) is 3.97. The van der Waals surface area contributed by atoms with Gasteiger partial charge in [0.25, 0.3) is 5.91 Å². The highest BCUT2D eigenvalue weighted by atomic mass is 35.5. The molecule has 21 heavy (non-hydrogen) atoms. The van der Waals surface area contributed by atoms with Crippen LogP contribution < -0.4 is 0 Å². The number of amides is 1. The van der Waals surface area contributed by atoms with Gasteiger partial charge in [0.1, 0.15) is 0 Å². The molecular formula is C13H18ClN3O3S. The van der Waals surface area contributed by atoms with Crippen LogP contribution in [-0.2, 0) is 10.0 Å². The molecule has 1 aromatic heterocycles. The average Bonchev–Trinajstić information content (AvgIpc) is 2.47. The van der Waals surface area contributed by atoms with Crippen molar-refractivity contribution in [1.82, 2.24) is 14.2 Å². The number of rotatable bonds is 4. The minimum absolute atomic E-state index is 0.150. The SMILES string of the molecule is CCCS(=O)(=O)N1CCN(C(=O)c2ccncc2Cl)CC1. The lowest BCUT2D eigenvalue weighted by Crippen LogP contribution is -2.51. The topological polar surface area (TPSA) is 70.6 Å². The Balaban J connectivity index is 2.02. The van der Waals surface area contributed by atoms with Crippen LogP contribution in [0.25, 0.3) is 0 Å². The molecule has 0 atom stereocenters. The first-order valence-electron chi connectivity index (χ1n) is 6.82. The van der Waals surface area contributed by atoms with Gasteiger partial charge in [-0.05, 0) is 12.5 Å². The zero-order chi connectivity index (χ0) is 15.5. The predicted molar refractivity (Wildman–Crippen MR) is 80.8 cm³/mol. The highest BCUT2D eigenvalue weighted by molar-refractivity contribution is 7.89. The Morgan fingerprint density at radius 2 is 2.00 bits per heavy atom. The highest BCUT2D eigenvalue weighted by Crippen LogP contribution is 2.17. The number of hydrogen-bond donors (Lipinski definition) is 0. The third-order valence-corrected chi connectivity index (χ3v) is 5.76. The van der Waals surface area contributed by atoms with E-state index < -0.39 is 10.0 Å². The molecule has 1 aliphatic rings. The van der Waals surface area contributed by atoms with Crippen molar-refractivity contribution in [3.05, 3.63) is 29.0 Å². The van der Waals surface area contributed by atoms with Crippen molar-refractivity contribution in [2.75, 3.05) is 31.9 Å². The summed E-state index contributed by atoms with van der Waals surface area (Å²) in [4.78, 5) is 17.8. The molecule has 1 fully saturated rings. The van der Waals surface area contributed by atoms with Gasteiger partial charge in [-0.15, -0.1) is 0 Å². The van der Waals surface area contributed by atoms with E-state index in [4.69, 9.17) is 11.6 Å². The van der Waals surface area contributed by atoms with Gasteiger partial charge in [0.2, 0.25) is 10.0 Å². The summed E-state index contributed by atoms with van der Waals surface area (Å²) in [6, 6.07) is 1.57. The second-order valence-electron chi connectivity index (χ2n) is 4.86. The third-order valence-electron chi connectivity index (χ3n) is 3.38. The van der Waals surface area contributed by atoms with Gasteiger partial charge >= 0.3 is 0 Å². The fourth-order valence-electron chi connectivity index (χ4n) is 2.28. The van der Waals surface area contributed by atoms with Crippen LogP contribution in [0.15, 0.2) is 18.5 Å². The number of carbonyl (C=O) groups is 1. The molecule has 2 heterocycles. The van der Waals surface area contributed by atoms with Crippen LogP contribution in [-0.4, -0.2) is 60.4 Å². The molecule has 1 saturated heterocycles. The van der Waals surface area contributed by atoms with E-state index in [9.17, 15) is 13.2 Å². The van der Waals surface area contributed by atoms with Gasteiger partial charge < -0.3 is 4.90 Å². The van der Waals surface area contributed by atoms with Gasteiger partial charge in [0, 0.05) is 38.6 Å². The highest BCUT2D eigenvalue weighted by Gasteiger charge is 2.29. The van der Waals surface area contributed by atoms with Crippen LogP contribution in [0.2, 0.25) is 5.02 Å². The van der Waals surface area contributed by atoms with E-state index in [0.29, 0.717) is 43.2 Å². The van der Waals surface area contributed by atoms with Crippen molar-refractivity contribution in [3.8, 4) is 0 Å². The summed E-state index contributed by atoms with van der Waals surface area (Å²) in [7, 11) is -3.20. The first kappa shape index (κ1) is 16.2. The zero-order valence-corrected chi connectivity index (χ0v) is 13.4.